The molecule has 2 N–H and O–H groups in total. The lowest BCUT2D eigenvalue weighted by Gasteiger charge is -2.11. The van der Waals surface area contributed by atoms with Crippen LogP contribution in [0.15, 0.2) is 18.2 Å². The van der Waals surface area contributed by atoms with Crippen LogP contribution in [-0.2, 0) is 0 Å². The highest BCUT2D eigenvalue weighted by Gasteiger charge is 2.09. The number of rotatable bonds is 3. The first-order valence-electron chi connectivity index (χ1n) is 6.09. The molecule has 1 aromatic carbocycles. The Bertz CT molecular complexity index is 483. The Kier molecular flexibility index (Phi) is 5.41. The van der Waals surface area contributed by atoms with Gasteiger partial charge in [-0.05, 0) is 38.0 Å². The van der Waals surface area contributed by atoms with Gasteiger partial charge < -0.3 is 10.4 Å². The summed E-state index contributed by atoms with van der Waals surface area (Å²) in [5, 5.41) is 11.6. The molecule has 3 heteroatoms. The van der Waals surface area contributed by atoms with Crippen molar-refractivity contribution in [1.82, 2.24) is 5.32 Å². The van der Waals surface area contributed by atoms with Gasteiger partial charge in [-0.25, -0.2) is 0 Å². The Morgan fingerprint density at radius 1 is 1.50 bits per heavy atom. The first-order chi connectivity index (χ1) is 8.58. The first-order valence-corrected chi connectivity index (χ1v) is 6.09. The molecule has 0 bridgehead atoms. The molecule has 1 amide bonds. The number of carbonyl (C=O) groups excluding carboxylic acids is 1. The van der Waals surface area contributed by atoms with Crippen LogP contribution in [0.5, 0.6) is 0 Å². The van der Waals surface area contributed by atoms with Crippen molar-refractivity contribution < 1.29 is 9.90 Å². The molecule has 1 atom stereocenters. The summed E-state index contributed by atoms with van der Waals surface area (Å²) >= 11 is 0. The van der Waals surface area contributed by atoms with Crippen molar-refractivity contribution in [2.24, 2.45) is 0 Å². The Morgan fingerprint density at radius 3 is 2.83 bits per heavy atom. The summed E-state index contributed by atoms with van der Waals surface area (Å²) in [6, 6.07) is 5.57. The summed E-state index contributed by atoms with van der Waals surface area (Å²) in [5.41, 5.74) is 2.38. The van der Waals surface area contributed by atoms with Gasteiger partial charge in [-0.2, -0.15) is 0 Å². The van der Waals surface area contributed by atoms with Crippen molar-refractivity contribution >= 4 is 5.91 Å². The molecule has 0 heterocycles. The second kappa shape index (κ2) is 6.83. The number of aliphatic hydroxyl groups is 1. The molecule has 18 heavy (non-hydrogen) atoms. The zero-order chi connectivity index (χ0) is 13.5. The van der Waals surface area contributed by atoms with Crippen LogP contribution in [-0.4, -0.2) is 23.7 Å². The van der Waals surface area contributed by atoms with Gasteiger partial charge in [0.1, 0.15) is 6.61 Å². The van der Waals surface area contributed by atoms with Gasteiger partial charge in [0, 0.05) is 17.2 Å². The van der Waals surface area contributed by atoms with Crippen LogP contribution in [0.3, 0.4) is 0 Å². The van der Waals surface area contributed by atoms with Crippen LogP contribution in [0.1, 0.15) is 41.8 Å². The van der Waals surface area contributed by atoms with E-state index in [1.807, 2.05) is 26.8 Å². The second-order valence-electron chi connectivity index (χ2n) is 4.27. The van der Waals surface area contributed by atoms with Gasteiger partial charge in [0.05, 0.1) is 0 Å². The van der Waals surface area contributed by atoms with Crippen LogP contribution in [0.4, 0.5) is 0 Å². The van der Waals surface area contributed by atoms with E-state index in [0.29, 0.717) is 5.56 Å². The molecule has 0 radical (unpaired) electrons. The van der Waals surface area contributed by atoms with Gasteiger partial charge >= 0.3 is 0 Å². The minimum absolute atomic E-state index is 0.0867. The lowest BCUT2D eigenvalue weighted by Crippen LogP contribution is -2.31. The fourth-order valence-corrected chi connectivity index (χ4v) is 1.44. The molecule has 0 spiro atoms. The zero-order valence-electron chi connectivity index (χ0n) is 11.1. The number of aryl methyl sites for hydroxylation is 1. The molecule has 0 saturated heterocycles. The number of nitrogens with one attached hydrogen (secondary N) is 1. The van der Waals surface area contributed by atoms with E-state index in [0.717, 1.165) is 17.5 Å². The monoisotopic (exact) mass is 245 g/mol. The van der Waals surface area contributed by atoms with E-state index in [4.69, 9.17) is 5.11 Å². The summed E-state index contributed by atoms with van der Waals surface area (Å²) in [6.07, 6.45) is 0.898. The van der Waals surface area contributed by atoms with E-state index >= 15 is 0 Å². The lowest BCUT2D eigenvalue weighted by atomic mass is 10.0. The third-order valence-electron chi connectivity index (χ3n) is 2.79. The van der Waals surface area contributed by atoms with Crippen molar-refractivity contribution in [1.29, 1.82) is 0 Å². The fourth-order valence-electron chi connectivity index (χ4n) is 1.44. The average Bonchev–Trinajstić information content (AvgIpc) is 2.37. The highest BCUT2D eigenvalue weighted by Crippen LogP contribution is 2.10. The molecular formula is C15H19NO2. The summed E-state index contributed by atoms with van der Waals surface area (Å²) in [6.45, 7) is 5.75. The minimum atomic E-state index is -0.178. The third-order valence-corrected chi connectivity index (χ3v) is 2.79. The van der Waals surface area contributed by atoms with Crippen LogP contribution in [0.25, 0.3) is 0 Å². The maximum absolute atomic E-state index is 11.9. The molecule has 1 unspecified atom stereocenters. The number of hydrogen-bond acceptors (Lipinski definition) is 2. The molecule has 0 aliphatic heterocycles. The highest BCUT2D eigenvalue weighted by molar-refractivity contribution is 5.94. The topological polar surface area (TPSA) is 49.3 Å². The molecule has 1 aromatic rings. The van der Waals surface area contributed by atoms with Crippen molar-refractivity contribution in [3.8, 4) is 11.8 Å². The van der Waals surface area contributed by atoms with E-state index in [2.05, 4.69) is 17.2 Å². The summed E-state index contributed by atoms with van der Waals surface area (Å²) in [5.74, 6) is 5.36. The van der Waals surface area contributed by atoms with Gasteiger partial charge in [-0.3, -0.25) is 4.79 Å². The van der Waals surface area contributed by atoms with Crippen molar-refractivity contribution in [2.45, 2.75) is 33.2 Å². The predicted molar refractivity (Wildman–Crippen MR) is 72.4 cm³/mol. The SMILES string of the molecule is CCC(C)NC(=O)c1ccc(C)c(C#CCO)c1. The van der Waals surface area contributed by atoms with Gasteiger partial charge in [0.2, 0.25) is 0 Å². The molecule has 3 nitrogen and oxygen atoms in total. The van der Waals surface area contributed by atoms with Crippen molar-refractivity contribution in [3.63, 3.8) is 0 Å². The number of benzene rings is 1. The van der Waals surface area contributed by atoms with Gasteiger partial charge in [0.25, 0.3) is 5.91 Å². The zero-order valence-corrected chi connectivity index (χ0v) is 11.1. The smallest absolute Gasteiger partial charge is 0.251 e. The van der Waals surface area contributed by atoms with Crippen LogP contribution < -0.4 is 5.32 Å². The van der Waals surface area contributed by atoms with E-state index < -0.39 is 0 Å². The number of amides is 1. The highest BCUT2D eigenvalue weighted by atomic mass is 16.2. The number of hydrogen-bond donors (Lipinski definition) is 2. The maximum atomic E-state index is 11.9. The molecule has 0 aromatic heterocycles. The van der Waals surface area contributed by atoms with Gasteiger partial charge in [-0.1, -0.05) is 24.8 Å². The maximum Gasteiger partial charge on any atom is 0.251 e. The number of carbonyl (C=O) groups is 1. The Labute approximate surface area is 108 Å². The Morgan fingerprint density at radius 2 is 2.22 bits per heavy atom. The first kappa shape index (κ1) is 14.3. The lowest BCUT2D eigenvalue weighted by molar-refractivity contribution is 0.0939. The Hall–Kier alpha value is -1.79. The molecule has 0 fully saturated rings. The molecule has 1 rings (SSSR count). The molecule has 0 aliphatic carbocycles. The van der Waals surface area contributed by atoms with E-state index in [1.165, 1.54) is 0 Å². The largest absolute Gasteiger partial charge is 0.384 e. The van der Waals surface area contributed by atoms with Gasteiger partial charge in [-0.15, -0.1) is 0 Å². The van der Waals surface area contributed by atoms with Crippen LogP contribution in [0, 0.1) is 18.8 Å². The quantitative estimate of drug-likeness (QED) is 0.799. The molecular weight excluding hydrogens is 226 g/mol. The normalized spacial score (nSPS) is 11.3. The summed E-state index contributed by atoms with van der Waals surface area (Å²) in [7, 11) is 0. The third kappa shape index (κ3) is 3.90. The Balaban J connectivity index is 2.94. The van der Waals surface area contributed by atoms with Gasteiger partial charge in [0.15, 0.2) is 0 Å². The summed E-state index contributed by atoms with van der Waals surface area (Å²) < 4.78 is 0. The van der Waals surface area contributed by atoms with E-state index in [1.54, 1.807) is 12.1 Å². The minimum Gasteiger partial charge on any atom is -0.384 e. The predicted octanol–water partition coefficient (Wildman–Crippen LogP) is 1.87. The van der Waals surface area contributed by atoms with Crippen LogP contribution in [0.2, 0.25) is 0 Å². The molecule has 96 valence electrons. The fraction of sp³-hybridized carbons (Fsp3) is 0.400. The van der Waals surface area contributed by atoms with Crippen molar-refractivity contribution in [2.75, 3.05) is 6.61 Å². The standard InChI is InChI=1S/C15H19NO2/c1-4-12(3)16-15(18)14-8-7-11(2)13(10-14)6-5-9-17/h7-8,10,12,17H,4,9H2,1-3H3,(H,16,18). The number of aliphatic hydroxyl groups excluding tert-OH is 1. The van der Waals surface area contributed by atoms with Crippen LogP contribution >= 0.6 is 0 Å². The van der Waals surface area contributed by atoms with E-state index in [9.17, 15) is 4.79 Å². The second-order valence-corrected chi connectivity index (χ2v) is 4.27. The van der Waals surface area contributed by atoms with E-state index in [-0.39, 0.29) is 18.6 Å². The molecule has 0 saturated carbocycles. The average molecular weight is 245 g/mol. The molecule has 0 aliphatic rings. The van der Waals surface area contributed by atoms with Crippen molar-refractivity contribution in [3.05, 3.63) is 34.9 Å². The summed E-state index contributed by atoms with van der Waals surface area (Å²) in [4.78, 5) is 11.9.